The van der Waals surface area contributed by atoms with Crippen molar-refractivity contribution in [3.8, 4) is 0 Å². The third-order valence-electron chi connectivity index (χ3n) is 2.92. The van der Waals surface area contributed by atoms with E-state index in [0.29, 0.717) is 6.07 Å². The van der Waals surface area contributed by atoms with Crippen LogP contribution in [0.25, 0.3) is 0 Å². The Morgan fingerprint density at radius 1 is 1.30 bits per heavy atom. The monoisotopic (exact) mass is 343 g/mol. The van der Waals surface area contributed by atoms with Gasteiger partial charge in [-0.15, -0.1) is 0 Å². The van der Waals surface area contributed by atoms with Gasteiger partial charge < -0.3 is 4.90 Å². The van der Waals surface area contributed by atoms with E-state index in [1.54, 1.807) is 0 Å². The van der Waals surface area contributed by atoms with Crippen LogP contribution in [0.2, 0.25) is 5.02 Å². The number of anilines is 1. The van der Waals surface area contributed by atoms with E-state index >= 15 is 0 Å². The molecule has 0 saturated carbocycles. The summed E-state index contributed by atoms with van der Waals surface area (Å²) in [7, 11) is 1.38. The first-order chi connectivity index (χ1) is 9.17. The molecule has 0 N–H and O–H groups in total. The Labute approximate surface area is 123 Å². The van der Waals surface area contributed by atoms with Gasteiger partial charge in [-0.1, -0.05) is 11.6 Å². The molecule has 0 spiro atoms. The van der Waals surface area contributed by atoms with Gasteiger partial charge in [0.05, 0.1) is 16.5 Å². The van der Waals surface area contributed by atoms with E-state index in [1.807, 2.05) is 0 Å². The molecule has 20 heavy (non-hydrogen) atoms. The van der Waals surface area contributed by atoms with Crippen LogP contribution in [-0.4, -0.2) is 26.6 Å². The predicted octanol–water partition coefficient (Wildman–Crippen LogP) is 2.54. The zero-order valence-corrected chi connectivity index (χ0v) is 12.3. The Morgan fingerprint density at radius 3 is 2.55 bits per heavy atom. The summed E-state index contributed by atoms with van der Waals surface area (Å²) in [4.78, 5) is 12.9. The highest BCUT2D eigenvalue weighted by Gasteiger charge is 2.34. The summed E-state index contributed by atoms with van der Waals surface area (Å²) in [5, 5.41) is -0.317. The van der Waals surface area contributed by atoms with E-state index < -0.39 is 32.5 Å². The molecule has 4 nitrogen and oxygen atoms in total. The summed E-state index contributed by atoms with van der Waals surface area (Å²) < 4.78 is 48.7. The minimum atomic E-state index is -3.75. The lowest BCUT2D eigenvalue weighted by atomic mass is 10.1. The molecular formula is C11H9Cl2F2NO3S. The van der Waals surface area contributed by atoms with E-state index in [9.17, 15) is 22.0 Å². The van der Waals surface area contributed by atoms with Crippen molar-refractivity contribution in [1.82, 2.24) is 0 Å². The van der Waals surface area contributed by atoms with Crippen LogP contribution in [0.1, 0.15) is 6.42 Å². The maximum atomic E-state index is 13.7. The molecule has 110 valence electrons. The lowest BCUT2D eigenvalue weighted by Crippen LogP contribution is -2.26. The zero-order chi connectivity index (χ0) is 15.1. The molecule has 0 radical (unpaired) electrons. The molecule has 1 aromatic rings. The van der Waals surface area contributed by atoms with E-state index in [-0.39, 0.29) is 29.4 Å². The zero-order valence-electron chi connectivity index (χ0n) is 9.95. The van der Waals surface area contributed by atoms with Crippen molar-refractivity contribution in [3.05, 3.63) is 28.8 Å². The Bertz CT molecular complexity index is 666. The lowest BCUT2D eigenvalue weighted by Gasteiger charge is -2.17. The molecule has 0 bridgehead atoms. The van der Waals surface area contributed by atoms with Gasteiger partial charge in [0.2, 0.25) is 15.0 Å². The molecule has 1 aromatic carbocycles. The average molecular weight is 344 g/mol. The summed E-state index contributed by atoms with van der Waals surface area (Å²) in [6.07, 6.45) is -0.0691. The Morgan fingerprint density at radius 2 is 1.95 bits per heavy atom. The standard InChI is InChI=1S/C11H9Cl2F2NO3S/c12-7-2-10(9(15)3-8(7)14)16-4-6(1-11(16)17)5-20(13,18)19/h2-3,6H,1,4-5H2. The molecule has 1 amide bonds. The van der Waals surface area contributed by atoms with Gasteiger partial charge in [-0.3, -0.25) is 4.79 Å². The average Bonchev–Trinajstić information content (AvgIpc) is 2.62. The Hall–Kier alpha value is -0.920. The van der Waals surface area contributed by atoms with Gasteiger partial charge in [-0.05, 0) is 6.07 Å². The molecule has 1 unspecified atom stereocenters. The van der Waals surface area contributed by atoms with Crippen molar-refractivity contribution in [2.45, 2.75) is 6.42 Å². The fourth-order valence-electron chi connectivity index (χ4n) is 2.13. The van der Waals surface area contributed by atoms with Crippen LogP contribution in [0.15, 0.2) is 12.1 Å². The normalized spacial score (nSPS) is 19.7. The summed E-state index contributed by atoms with van der Waals surface area (Å²) in [5.41, 5.74) is -0.170. The first-order valence-corrected chi connectivity index (χ1v) is 8.40. The van der Waals surface area contributed by atoms with E-state index in [0.717, 1.165) is 11.0 Å². The smallest absolute Gasteiger partial charge is 0.232 e. The van der Waals surface area contributed by atoms with E-state index in [2.05, 4.69) is 0 Å². The summed E-state index contributed by atoms with van der Waals surface area (Å²) in [6.45, 7) is -0.0103. The van der Waals surface area contributed by atoms with Gasteiger partial charge in [-0.25, -0.2) is 17.2 Å². The second-order valence-corrected chi connectivity index (χ2v) is 7.73. The number of carbonyl (C=O) groups excluding carboxylic acids is 1. The maximum Gasteiger partial charge on any atom is 0.232 e. The molecule has 1 aliphatic rings. The molecule has 0 aliphatic carbocycles. The fraction of sp³-hybridized carbons (Fsp3) is 0.364. The highest BCUT2D eigenvalue weighted by molar-refractivity contribution is 8.13. The van der Waals surface area contributed by atoms with Crippen molar-refractivity contribution >= 4 is 42.9 Å². The molecule has 0 aromatic heterocycles. The second kappa shape index (κ2) is 5.46. The van der Waals surface area contributed by atoms with Crippen molar-refractivity contribution < 1.29 is 22.0 Å². The van der Waals surface area contributed by atoms with Gasteiger partial charge in [0.25, 0.3) is 0 Å². The highest BCUT2D eigenvalue weighted by atomic mass is 35.7. The van der Waals surface area contributed by atoms with Crippen molar-refractivity contribution in [3.63, 3.8) is 0 Å². The van der Waals surface area contributed by atoms with Gasteiger partial charge in [0.1, 0.15) is 11.6 Å². The highest BCUT2D eigenvalue weighted by Crippen LogP contribution is 2.31. The SMILES string of the molecule is O=C1CC(CS(=O)(=O)Cl)CN1c1cc(Cl)c(F)cc1F. The minimum absolute atomic E-state index is 0.0103. The third-order valence-corrected chi connectivity index (χ3v) is 4.46. The first-order valence-electron chi connectivity index (χ1n) is 5.54. The Kier molecular flexibility index (Phi) is 4.22. The quantitative estimate of drug-likeness (QED) is 0.626. The molecule has 1 fully saturated rings. The minimum Gasteiger partial charge on any atom is -0.309 e. The second-order valence-electron chi connectivity index (χ2n) is 4.50. The number of nitrogens with zero attached hydrogens (tertiary/aromatic N) is 1. The first kappa shape index (κ1) is 15.5. The molecular weight excluding hydrogens is 335 g/mol. The molecule has 1 heterocycles. The topological polar surface area (TPSA) is 54.5 Å². The lowest BCUT2D eigenvalue weighted by molar-refractivity contribution is -0.117. The summed E-state index contributed by atoms with van der Waals surface area (Å²) >= 11 is 5.56. The third kappa shape index (κ3) is 3.39. The van der Waals surface area contributed by atoms with Gasteiger partial charge >= 0.3 is 0 Å². The number of carbonyl (C=O) groups is 1. The molecule has 1 aliphatic heterocycles. The van der Waals surface area contributed by atoms with Crippen LogP contribution in [0.3, 0.4) is 0 Å². The fourth-order valence-corrected chi connectivity index (χ4v) is 3.61. The molecule has 9 heteroatoms. The van der Waals surface area contributed by atoms with Gasteiger partial charge in [0.15, 0.2) is 0 Å². The van der Waals surface area contributed by atoms with Gasteiger partial charge in [0, 0.05) is 35.6 Å². The largest absolute Gasteiger partial charge is 0.309 e. The van der Waals surface area contributed by atoms with Crippen LogP contribution in [-0.2, 0) is 13.8 Å². The molecule has 1 atom stereocenters. The number of amides is 1. The van der Waals surface area contributed by atoms with Crippen LogP contribution >= 0.6 is 22.3 Å². The predicted molar refractivity (Wildman–Crippen MR) is 71.5 cm³/mol. The van der Waals surface area contributed by atoms with Crippen LogP contribution in [0.4, 0.5) is 14.5 Å². The summed E-state index contributed by atoms with van der Waals surface area (Å²) in [6, 6.07) is 1.58. The molecule has 1 saturated heterocycles. The number of hydrogen-bond donors (Lipinski definition) is 0. The number of benzene rings is 1. The molecule has 2 rings (SSSR count). The Balaban J connectivity index is 2.26. The maximum absolute atomic E-state index is 13.7. The van der Waals surface area contributed by atoms with Gasteiger partial charge in [-0.2, -0.15) is 0 Å². The number of hydrogen-bond acceptors (Lipinski definition) is 3. The number of halogens is 4. The summed E-state index contributed by atoms with van der Waals surface area (Å²) in [5.74, 6) is -3.24. The van der Waals surface area contributed by atoms with Crippen LogP contribution < -0.4 is 4.90 Å². The van der Waals surface area contributed by atoms with E-state index in [4.69, 9.17) is 22.3 Å². The van der Waals surface area contributed by atoms with Crippen molar-refractivity contribution in [2.24, 2.45) is 5.92 Å². The van der Waals surface area contributed by atoms with E-state index in [1.165, 1.54) is 0 Å². The van der Waals surface area contributed by atoms with Crippen LogP contribution in [0, 0.1) is 17.6 Å². The van der Waals surface area contributed by atoms with Crippen LogP contribution in [0.5, 0.6) is 0 Å². The van der Waals surface area contributed by atoms with Crippen molar-refractivity contribution in [2.75, 3.05) is 17.2 Å². The van der Waals surface area contributed by atoms with Crippen molar-refractivity contribution in [1.29, 1.82) is 0 Å². The number of rotatable bonds is 3.